The summed E-state index contributed by atoms with van der Waals surface area (Å²) < 4.78 is 5.73. The van der Waals surface area contributed by atoms with Crippen LogP contribution in [0.25, 0.3) is 0 Å². The SMILES string of the molecule is C[C@H](NC(=O)c1n[nH]c(=O)[nH]1)c1ccc(Oc2ccccc2)cc1. The molecule has 3 aromatic rings. The van der Waals surface area contributed by atoms with Crippen molar-refractivity contribution >= 4 is 5.91 Å². The number of nitrogens with one attached hydrogen (secondary N) is 3. The van der Waals surface area contributed by atoms with Gasteiger partial charge in [-0.25, -0.2) is 9.89 Å². The molecule has 0 aliphatic heterocycles. The molecule has 24 heavy (non-hydrogen) atoms. The molecule has 0 radical (unpaired) electrons. The first kappa shape index (κ1) is 15.5. The van der Waals surface area contributed by atoms with E-state index in [4.69, 9.17) is 4.74 Å². The first-order valence-electron chi connectivity index (χ1n) is 7.40. The first-order valence-corrected chi connectivity index (χ1v) is 7.40. The van der Waals surface area contributed by atoms with Gasteiger partial charge in [0.15, 0.2) is 0 Å². The molecule has 2 aromatic carbocycles. The normalized spacial score (nSPS) is 11.7. The van der Waals surface area contributed by atoms with E-state index in [9.17, 15) is 9.59 Å². The lowest BCUT2D eigenvalue weighted by Gasteiger charge is -2.14. The highest BCUT2D eigenvalue weighted by Gasteiger charge is 2.14. The number of nitrogens with zero attached hydrogens (tertiary/aromatic N) is 1. The topological polar surface area (TPSA) is 99.9 Å². The summed E-state index contributed by atoms with van der Waals surface area (Å²) in [6, 6.07) is 16.6. The third kappa shape index (κ3) is 3.70. The molecule has 3 N–H and O–H groups in total. The van der Waals surface area contributed by atoms with Gasteiger partial charge in [0.1, 0.15) is 11.5 Å². The van der Waals surface area contributed by atoms with E-state index < -0.39 is 11.6 Å². The lowest BCUT2D eigenvalue weighted by atomic mass is 10.1. The Labute approximate surface area is 137 Å². The molecule has 7 nitrogen and oxygen atoms in total. The Bertz CT molecular complexity index is 869. The summed E-state index contributed by atoms with van der Waals surface area (Å²) in [5, 5.41) is 8.52. The van der Waals surface area contributed by atoms with Crippen molar-refractivity contribution in [2.24, 2.45) is 0 Å². The van der Waals surface area contributed by atoms with Gasteiger partial charge in [0.05, 0.1) is 6.04 Å². The number of carbonyl (C=O) groups is 1. The van der Waals surface area contributed by atoms with Crippen LogP contribution in [0.3, 0.4) is 0 Å². The Kier molecular flexibility index (Phi) is 4.42. The quantitative estimate of drug-likeness (QED) is 0.671. The van der Waals surface area contributed by atoms with Crippen LogP contribution < -0.4 is 15.7 Å². The first-order chi connectivity index (χ1) is 11.6. The van der Waals surface area contributed by atoms with Gasteiger partial charge in [-0.2, -0.15) is 0 Å². The van der Waals surface area contributed by atoms with Crippen LogP contribution >= 0.6 is 0 Å². The molecule has 0 bridgehead atoms. The van der Waals surface area contributed by atoms with E-state index in [2.05, 4.69) is 20.5 Å². The third-order valence-electron chi connectivity index (χ3n) is 3.42. The molecule has 0 unspecified atom stereocenters. The zero-order valence-electron chi connectivity index (χ0n) is 12.9. The molecule has 3 rings (SSSR count). The van der Waals surface area contributed by atoms with Crippen molar-refractivity contribution in [3.63, 3.8) is 0 Å². The molecule has 1 amide bonds. The highest BCUT2D eigenvalue weighted by molar-refractivity contribution is 5.90. The number of hydrogen-bond acceptors (Lipinski definition) is 4. The van der Waals surface area contributed by atoms with Gasteiger partial charge >= 0.3 is 5.69 Å². The van der Waals surface area contributed by atoms with Crippen LogP contribution in [0.2, 0.25) is 0 Å². The lowest BCUT2D eigenvalue weighted by Crippen LogP contribution is -2.27. The number of H-pyrrole nitrogens is 2. The molecule has 0 saturated carbocycles. The van der Waals surface area contributed by atoms with E-state index in [0.717, 1.165) is 11.3 Å². The fraction of sp³-hybridized carbons (Fsp3) is 0.118. The molecule has 0 spiro atoms. The fourth-order valence-electron chi connectivity index (χ4n) is 2.18. The lowest BCUT2D eigenvalue weighted by molar-refractivity contribution is 0.0929. The smallest absolute Gasteiger partial charge is 0.341 e. The Morgan fingerprint density at radius 2 is 1.75 bits per heavy atom. The van der Waals surface area contributed by atoms with Crippen molar-refractivity contribution in [3.05, 3.63) is 76.5 Å². The van der Waals surface area contributed by atoms with Crippen LogP contribution in [0.5, 0.6) is 11.5 Å². The predicted octanol–water partition coefficient (Wildman–Crippen LogP) is 2.38. The summed E-state index contributed by atoms with van der Waals surface area (Å²) in [5.41, 5.74) is 0.386. The molecule has 0 fully saturated rings. The molecule has 1 heterocycles. The van der Waals surface area contributed by atoms with Gasteiger partial charge in [-0.05, 0) is 36.8 Å². The Balaban J connectivity index is 1.64. The van der Waals surface area contributed by atoms with Crippen LogP contribution in [0, 0.1) is 0 Å². The zero-order chi connectivity index (χ0) is 16.9. The van der Waals surface area contributed by atoms with Crippen molar-refractivity contribution in [2.45, 2.75) is 13.0 Å². The molecule has 1 atom stereocenters. The minimum atomic E-state index is -0.518. The van der Waals surface area contributed by atoms with Gasteiger partial charge in [0, 0.05) is 0 Å². The second-order valence-electron chi connectivity index (χ2n) is 5.21. The number of hydrogen-bond donors (Lipinski definition) is 3. The van der Waals surface area contributed by atoms with Crippen LogP contribution in [0.1, 0.15) is 29.1 Å². The summed E-state index contributed by atoms with van der Waals surface area (Å²) in [4.78, 5) is 25.2. The zero-order valence-corrected chi connectivity index (χ0v) is 12.9. The van der Waals surface area contributed by atoms with Crippen LogP contribution in [0.15, 0.2) is 59.4 Å². The number of ether oxygens (including phenoxy) is 1. The summed E-state index contributed by atoms with van der Waals surface area (Å²) in [6.45, 7) is 1.84. The average Bonchev–Trinajstić information content (AvgIpc) is 3.03. The number of aromatic nitrogens is 3. The minimum absolute atomic E-state index is 0.0455. The van der Waals surface area contributed by atoms with Gasteiger partial charge in [-0.1, -0.05) is 30.3 Å². The van der Waals surface area contributed by atoms with E-state index in [1.807, 2.05) is 61.5 Å². The molecule has 122 valence electrons. The standard InChI is InChI=1S/C17H16N4O3/c1-11(18-16(22)15-19-17(23)21-20-15)12-7-9-14(10-8-12)24-13-5-3-2-4-6-13/h2-11H,1H3,(H,18,22)(H2,19,20,21,23)/t11-/m0/s1. The average molecular weight is 324 g/mol. The fourth-order valence-corrected chi connectivity index (χ4v) is 2.18. The number of rotatable bonds is 5. The van der Waals surface area contributed by atoms with Crippen molar-refractivity contribution in [1.82, 2.24) is 20.5 Å². The van der Waals surface area contributed by atoms with E-state index in [0.29, 0.717) is 5.75 Å². The van der Waals surface area contributed by atoms with Gasteiger partial charge in [0.25, 0.3) is 5.91 Å². The summed E-state index contributed by atoms with van der Waals surface area (Å²) in [7, 11) is 0. The molecule has 0 aliphatic rings. The van der Waals surface area contributed by atoms with Crippen molar-refractivity contribution < 1.29 is 9.53 Å². The van der Waals surface area contributed by atoms with Gasteiger partial charge in [0.2, 0.25) is 5.82 Å². The van der Waals surface area contributed by atoms with Crippen LogP contribution in [0.4, 0.5) is 0 Å². The second kappa shape index (κ2) is 6.82. The van der Waals surface area contributed by atoms with E-state index >= 15 is 0 Å². The van der Waals surface area contributed by atoms with Crippen molar-refractivity contribution in [2.75, 3.05) is 0 Å². The number of amides is 1. The highest BCUT2D eigenvalue weighted by Crippen LogP contribution is 2.23. The van der Waals surface area contributed by atoms with E-state index in [1.165, 1.54) is 0 Å². The molecule has 0 aliphatic carbocycles. The number of aromatic amines is 2. The maximum atomic E-state index is 12.0. The highest BCUT2D eigenvalue weighted by atomic mass is 16.5. The maximum Gasteiger partial charge on any atom is 0.341 e. The van der Waals surface area contributed by atoms with Crippen molar-refractivity contribution in [3.8, 4) is 11.5 Å². The number of para-hydroxylation sites is 1. The Morgan fingerprint density at radius 1 is 1.08 bits per heavy atom. The molecule has 7 heteroatoms. The van der Waals surface area contributed by atoms with Gasteiger partial charge < -0.3 is 10.1 Å². The third-order valence-corrected chi connectivity index (χ3v) is 3.42. The molecule has 1 aromatic heterocycles. The van der Waals surface area contributed by atoms with Crippen LogP contribution in [-0.2, 0) is 0 Å². The predicted molar refractivity (Wildman–Crippen MR) is 88.0 cm³/mol. The summed E-state index contributed by atoms with van der Waals surface area (Å²) in [6.07, 6.45) is 0. The Morgan fingerprint density at radius 3 is 2.38 bits per heavy atom. The minimum Gasteiger partial charge on any atom is -0.457 e. The Hall–Kier alpha value is -3.35. The molecule has 0 saturated heterocycles. The molecular weight excluding hydrogens is 308 g/mol. The van der Waals surface area contributed by atoms with E-state index in [1.54, 1.807) is 0 Å². The maximum absolute atomic E-state index is 12.0. The van der Waals surface area contributed by atoms with Gasteiger partial charge in [-0.15, -0.1) is 5.10 Å². The van der Waals surface area contributed by atoms with Gasteiger partial charge in [-0.3, -0.25) is 9.78 Å². The van der Waals surface area contributed by atoms with Crippen LogP contribution in [-0.4, -0.2) is 21.1 Å². The summed E-state index contributed by atoms with van der Waals surface area (Å²) >= 11 is 0. The molecular formula is C17H16N4O3. The second-order valence-corrected chi connectivity index (χ2v) is 5.21. The van der Waals surface area contributed by atoms with E-state index in [-0.39, 0.29) is 11.9 Å². The summed E-state index contributed by atoms with van der Waals surface area (Å²) in [5.74, 6) is 0.968. The number of benzene rings is 2. The largest absolute Gasteiger partial charge is 0.457 e. The monoisotopic (exact) mass is 324 g/mol. The number of carbonyl (C=O) groups excluding carboxylic acids is 1. The van der Waals surface area contributed by atoms with Crippen molar-refractivity contribution in [1.29, 1.82) is 0 Å².